The minimum Gasteiger partial charge on any atom is -0.378 e. The van der Waals surface area contributed by atoms with E-state index in [9.17, 15) is 9.18 Å². The maximum atomic E-state index is 13.0. The SMILES string of the molecule is CC1CCN(Cc2c(C(=O)N/N=C\c3ccc(F)cc3)nnn2-c2nonc2N)CC1. The molecule has 1 aliphatic rings. The molecule has 0 radical (unpaired) electrons. The summed E-state index contributed by atoms with van der Waals surface area (Å²) < 4.78 is 19.0. The molecule has 4 rings (SSSR count). The summed E-state index contributed by atoms with van der Waals surface area (Å²) in [5.74, 6) is -0.0177. The van der Waals surface area contributed by atoms with Crippen LogP contribution in [0.1, 0.15) is 41.5 Å². The van der Waals surface area contributed by atoms with Gasteiger partial charge in [0.2, 0.25) is 11.6 Å². The van der Waals surface area contributed by atoms with Crippen LogP contribution in [0.15, 0.2) is 34.0 Å². The molecule has 0 atom stereocenters. The zero-order valence-electron chi connectivity index (χ0n) is 16.9. The van der Waals surface area contributed by atoms with Crippen LogP contribution >= 0.6 is 0 Å². The maximum absolute atomic E-state index is 13.0. The molecule has 2 aromatic heterocycles. The van der Waals surface area contributed by atoms with E-state index < -0.39 is 5.91 Å². The number of nitrogens with one attached hydrogen (secondary N) is 1. The van der Waals surface area contributed by atoms with Gasteiger partial charge >= 0.3 is 0 Å². The number of rotatable bonds is 6. The van der Waals surface area contributed by atoms with Gasteiger partial charge in [-0.1, -0.05) is 24.3 Å². The molecule has 1 aliphatic heterocycles. The lowest BCUT2D eigenvalue weighted by atomic mass is 9.99. The molecule has 1 fully saturated rings. The Balaban J connectivity index is 1.55. The quantitative estimate of drug-likeness (QED) is 0.444. The first-order chi connectivity index (χ1) is 15.0. The number of carbonyl (C=O) groups is 1. The van der Waals surface area contributed by atoms with Crippen molar-refractivity contribution in [1.82, 2.24) is 35.6 Å². The lowest BCUT2D eigenvalue weighted by Crippen LogP contribution is -2.34. The second-order valence-corrected chi connectivity index (χ2v) is 7.48. The van der Waals surface area contributed by atoms with Crippen molar-refractivity contribution in [1.29, 1.82) is 0 Å². The molecule has 3 aromatic rings. The number of piperidine rings is 1. The van der Waals surface area contributed by atoms with E-state index in [1.54, 1.807) is 12.1 Å². The Morgan fingerprint density at radius 3 is 2.74 bits per heavy atom. The van der Waals surface area contributed by atoms with Crippen LogP contribution in [0.4, 0.5) is 10.2 Å². The van der Waals surface area contributed by atoms with Crippen LogP contribution in [0, 0.1) is 11.7 Å². The van der Waals surface area contributed by atoms with E-state index in [0.29, 0.717) is 23.7 Å². The number of amides is 1. The molecule has 1 aromatic carbocycles. The van der Waals surface area contributed by atoms with Crippen molar-refractivity contribution < 1.29 is 13.8 Å². The number of aromatic nitrogens is 5. The summed E-state index contributed by atoms with van der Waals surface area (Å²) in [7, 11) is 0. The van der Waals surface area contributed by atoms with Gasteiger partial charge in [0.25, 0.3) is 5.91 Å². The number of hydrogen-bond donors (Lipinski definition) is 2. The first-order valence-corrected chi connectivity index (χ1v) is 9.85. The predicted octanol–water partition coefficient (Wildman–Crippen LogP) is 1.37. The summed E-state index contributed by atoms with van der Waals surface area (Å²) in [5, 5.41) is 19.3. The molecule has 0 unspecified atom stereocenters. The Morgan fingerprint density at radius 1 is 1.32 bits per heavy atom. The van der Waals surface area contributed by atoms with Gasteiger partial charge < -0.3 is 5.73 Å². The van der Waals surface area contributed by atoms with E-state index in [1.165, 1.54) is 23.0 Å². The minimum atomic E-state index is -0.542. The van der Waals surface area contributed by atoms with Gasteiger partial charge in [0.05, 0.1) is 11.9 Å². The lowest BCUT2D eigenvalue weighted by Gasteiger charge is -2.30. The van der Waals surface area contributed by atoms with Gasteiger partial charge in [0.15, 0.2) is 5.69 Å². The summed E-state index contributed by atoms with van der Waals surface area (Å²) >= 11 is 0. The highest BCUT2D eigenvalue weighted by Crippen LogP contribution is 2.21. The molecule has 11 nitrogen and oxygen atoms in total. The largest absolute Gasteiger partial charge is 0.378 e. The highest BCUT2D eigenvalue weighted by Gasteiger charge is 2.26. The molecule has 31 heavy (non-hydrogen) atoms. The van der Waals surface area contributed by atoms with E-state index in [1.807, 2.05) is 0 Å². The van der Waals surface area contributed by atoms with E-state index in [0.717, 1.165) is 25.9 Å². The number of nitrogens with zero attached hydrogens (tertiary/aromatic N) is 7. The second kappa shape index (κ2) is 9.00. The average molecular weight is 427 g/mol. The van der Waals surface area contributed by atoms with Gasteiger partial charge in [-0.15, -0.1) is 5.10 Å². The Kier molecular flexibility index (Phi) is 5.98. The third-order valence-corrected chi connectivity index (χ3v) is 5.17. The molecule has 3 heterocycles. The third kappa shape index (κ3) is 4.74. The topological polar surface area (TPSA) is 140 Å². The number of anilines is 1. The monoisotopic (exact) mass is 427 g/mol. The molecule has 162 valence electrons. The Labute approximate surface area is 177 Å². The molecule has 0 spiro atoms. The number of hydrazone groups is 1. The standard InChI is InChI=1S/C19H22FN9O2/c1-12-6-8-28(9-7-12)11-15-16(23-27-29(15)18-17(21)25-31-26-18)19(30)24-22-10-13-2-4-14(20)5-3-13/h2-5,10,12H,6-9,11H2,1H3,(H2,21,25)(H,24,30)/b22-10-. The van der Waals surface area contributed by atoms with Crippen molar-refractivity contribution in [2.24, 2.45) is 11.0 Å². The number of benzene rings is 1. The predicted molar refractivity (Wildman–Crippen MR) is 109 cm³/mol. The second-order valence-electron chi connectivity index (χ2n) is 7.48. The van der Waals surface area contributed by atoms with Crippen LogP contribution in [0.3, 0.4) is 0 Å². The van der Waals surface area contributed by atoms with E-state index in [-0.39, 0.29) is 23.1 Å². The molecule has 0 saturated carbocycles. The number of nitrogens with two attached hydrogens (primary N) is 1. The zero-order valence-corrected chi connectivity index (χ0v) is 16.9. The molecule has 1 amide bonds. The minimum absolute atomic E-state index is 0.0414. The molecular weight excluding hydrogens is 405 g/mol. The summed E-state index contributed by atoms with van der Waals surface area (Å²) in [6, 6.07) is 5.71. The van der Waals surface area contributed by atoms with Crippen molar-refractivity contribution in [3.8, 4) is 5.82 Å². The molecule has 0 aliphatic carbocycles. The fourth-order valence-electron chi connectivity index (χ4n) is 3.33. The fourth-order valence-corrected chi connectivity index (χ4v) is 3.33. The van der Waals surface area contributed by atoms with Crippen LogP contribution in [0.2, 0.25) is 0 Å². The number of hydrogen-bond acceptors (Lipinski definition) is 9. The van der Waals surface area contributed by atoms with E-state index >= 15 is 0 Å². The normalized spacial score (nSPS) is 15.5. The van der Waals surface area contributed by atoms with E-state index in [2.05, 4.69) is 47.6 Å². The van der Waals surface area contributed by atoms with Crippen molar-refractivity contribution in [2.75, 3.05) is 18.8 Å². The zero-order chi connectivity index (χ0) is 21.8. The van der Waals surface area contributed by atoms with Crippen LogP contribution in [-0.2, 0) is 6.54 Å². The highest BCUT2D eigenvalue weighted by molar-refractivity contribution is 5.94. The Morgan fingerprint density at radius 2 is 2.06 bits per heavy atom. The molecular formula is C19H22FN9O2. The summed E-state index contributed by atoms with van der Waals surface area (Å²) in [4.78, 5) is 15.0. The van der Waals surface area contributed by atoms with Crippen LogP contribution in [0.25, 0.3) is 5.82 Å². The number of likely N-dealkylation sites (tertiary alicyclic amines) is 1. The fraction of sp³-hybridized carbons (Fsp3) is 0.368. The molecule has 0 bridgehead atoms. The highest BCUT2D eigenvalue weighted by atomic mass is 19.1. The van der Waals surface area contributed by atoms with Gasteiger partial charge in [0, 0.05) is 6.54 Å². The van der Waals surface area contributed by atoms with E-state index in [4.69, 9.17) is 5.73 Å². The van der Waals surface area contributed by atoms with Gasteiger partial charge in [-0.2, -0.15) is 9.78 Å². The van der Waals surface area contributed by atoms with Gasteiger partial charge in [-0.05, 0) is 59.9 Å². The van der Waals surface area contributed by atoms with Crippen LogP contribution in [0.5, 0.6) is 0 Å². The first-order valence-electron chi connectivity index (χ1n) is 9.85. The smallest absolute Gasteiger partial charge is 0.293 e. The van der Waals surface area contributed by atoms with Crippen molar-refractivity contribution >= 4 is 17.9 Å². The number of nitrogen functional groups attached to an aromatic ring is 1. The van der Waals surface area contributed by atoms with Gasteiger partial charge in [-0.3, -0.25) is 9.69 Å². The lowest BCUT2D eigenvalue weighted by molar-refractivity contribution is 0.0947. The number of halogens is 1. The van der Waals surface area contributed by atoms with Crippen molar-refractivity contribution in [3.05, 3.63) is 47.0 Å². The Bertz CT molecular complexity index is 1070. The average Bonchev–Trinajstić information content (AvgIpc) is 3.37. The van der Waals surface area contributed by atoms with Crippen LogP contribution < -0.4 is 11.2 Å². The van der Waals surface area contributed by atoms with Crippen molar-refractivity contribution in [2.45, 2.75) is 26.3 Å². The summed E-state index contributed by atoms with van der Waals surface area (Å²) in [6.07, 6.45) is 3.55. The van der Waals surface area contributed by atoms with Crippen molar-refractivity contribution in [3.63, 3.8) is 0 Å². The van der Waals surface area contributed by atoms with Gasteiger partial charge in [0.1, 0.15) is 5.82 Å². The van der Waals surface area contributed by atoms with Crippen LogP contribution in [-0.4, -0.2) is 55.4 Å². The van der Waals surface area contributed by atoms with Gasteiger partial charge in [-0.25, -0.2) is 14.4 Å². The Hall–Kier alpha value is -3.67. The molecule has 12 heteroatoms. The summed E-state index contributed by atoms with van der Waals surface area (Å²) in [6.45, 7) is 4.44. The third-order valence-electron chi connectivity index (χ3n) is 5.17. The number of carbonyl (C=O) groups excluding carboxylic acids is 1. The maximum Gasteiger partial charge on any atom is 0.293 e. The first kappa shape index (κ1) is 20.6. The molecule has 3 N–H and O–H groups in total. The summed E-state index contributed by atoms with van der Waals surface area (Å²) in [5.41, 5.74) is 9.48. The molecule has 1 saturated heterocycles.